The second-order valence-corrected chi connectivity index (χ2v) is 4.68. The molecule has 0 aliphatic rings. The van der Waals surface area contributed by atoms with Crippen LogP contribution in [-0.4, -0.2) is 38.9 Å². The predicted molar refractivity (Wildman–Crippen MR) is 69.7 cm³/mol. The Bertz CT molecular complexity index is 612. The molecular formula is C12H14ClN3O3. The molecule has 2 rings (SSSR count). The number of aromatic nitrogens is 3. The van der Waals surface area contributed by atoms with E-state index in [9.17, 15) is 4.79 Å². The number of aromatic carboxylic acids is 1. The van der Waals surface area contributed by atoms with Gasteiger partial charge in [-0.2, -0.15) is 0 Å². The van der Waals surface area contributed by atoms with Crippen LogP contribution in [0.4, 0.5) is 0 Å². The van der Waals surface area contributed by atoms with Crippen LogP contribution in [0.3, 0.4) is 0 Å². The highest BCUT2D eigenvalue weighted by atomic mass is 35.5. The maximum Gasteiger partial charge on any atom is 0.337 e. The van der Waals surface area contributed by atoms with E-state index in [2.05, 4.69) is 10.2 Å². The van der Waals surface area contributed by atoms with E-state index in [4.69, 9.17) is 21.4 Å². The minimum absolute atomic E-state index is 0.102. The van der Waals surface area contributed by atoms with Gasteiger partial charge in [-0.15, -0.1) is 10.2 Å². The lowest BCUT2D eigenvalue weighted by molar-refractivity contribution is 0.0696. The van der Waals surface area contributed by atoms with Crippen molar-refractivity contribution in [3.8, 4) is 0 Å². The minimum Gasteiger partial charge on any atom is -0.478 e. The first-order chi connectivity index (χ1) is 9.02. The maximum atomic E-state index is 11.0. The zero-order valence-electron chi connectivity index (χ0n) is 10.6. The van der Waals surface area contributed by atoms with Crippen molar-refractivity contribution < 1.29 is 14.6 Å². The summed E-state index contributed by atoms with van der Waals surface area (Å²) < 4.78 is 6.79. The van der Waals surface area contributed by atoms with Crippen molar-refractivity contribution in [3.63, 3.8) is 0 Å². The van der Waals surface area contributed by atoms with Gasteiger partial charge in [0.05, 0.1) is 16.7 Å². The highest BCUT2D eigenvalue weighted by Crippen LogP contribution is 2.19. The summed E-state index contributed by atoms with van der Waals surface area (Å²) in [4.78, 5) is 11.0. The van der Waals surface area contributed by atoms with Crippen molar-refractivity contribution in [1.29, 1.82) is 0 Å². The molecule has 0 aliphatic carbocycles. The van der Waals surface area contributed by atoms with Gasteiger partial charge < -0.3 is 9.84 Å². The third-order valence-electron chi connectivity index (χ3n) is 2.95. The van der Waals surface area contributed by atoms with Crippen molar-refractivity contribution in [2.45, 2.75) is 25.9 Å². The number of hydrogen-bond donors (Lipinski definition) is 1. The normalized spacial score (nSPS) is 12.8. The van der Waals surface area contributed by atoms with Crippen molar-refractivity contribution in [2.75, 3.05) is 7.11 Å². The van der Waals surface area contributed by atoms with Crippen LogP contribution < -0.4 is 0 Å². The second kappa shape index (κ2) is 5.54. The number of aryl methyl sites for hydroxylation is 1. The molecule has 19 heavy (non-hydrogen) atoms. The molecule has 0 aromatic carbocycles. The van der Waals surface area contributed by atoms with Gasteiger partial charge in [0.1, 0.15) is 5.82 Å². The maximum absolute atomic E-state index is 11.0. The summed E-state index contributed by atoms with van der Waals surface area (Å²) in [6.07, 6.45) is 2.99. The first-order valence-corrected chi connectivity index (χ1v) is 6.20. The number of halogens is 1. The molecule has 0 saturated carbocycles. The Hall–Kier alpha value is -1.66. The molecule has 1 atom stereocenters. The van der Waals surface area contributed by atoms with E-state index in [1.54, 1.807) is 11.5 Å². The number of hydrogen-bond acceptors (Lipinski definition) is 4. The number of pyridine rings is 1. The molecule has 0 spiro atoms. The molecule has 1 N–H and O–H groups in total. The second-order valence-electron chi connectivity index (χ2n) is 4.28. The van der Waals surface area contributed by atoms with Crippen molar-refractivity contribution >= 4 is 23.2 Å². The third-order valence-corrected chi connectivity index (χ3v) is 3.23. The number of carboxylic acid groups (broad SMARTS) is 1. The van der Waals surface area contributed by atoms with Gasteiger partial charge >= 0.3 is 5.97 Å². The Balaban J connectivity index is 2.37. The van der Waals surface area contributed by atoms with Crippen LogP contribution in [-0.2, 0) is 11.2 Å². The van der Waals surface area contributed by atoms with Crippen LogP contribution in [0.2, 0.25) is 5.02 Å². The van der Waals surface area contributed by atoms with Gasteiger partial charge in [0.15, 0.2) is 5.65 Å². The summed E-state index contributed by atoms with van der Waals surface area (Å²) in [5.41, 5.74) is 0.574. The molecule has 0 fully saturated rings. The minimum atomic E-state index is -1.03. The molecule has 7 heteroatoms. The van der Waals surface area contributed by atoms with E-state index < -0.39 is 5.97 Å². The average molecular weight is 284 g/mol. The van der Waals surface area contributed by atoms with Crippen molar-refractivity contribution in [3.05, 3.63) is 28.7 Å². The zero-order chi connectivity index (χ0) is 14.0. The van der Waals surface area contributed by atoms with E-state index in [1.165, 1.54) is 12.3 Å². The fourth-order valence-corrected chi connectivity index (χ4v) is 1.98. The number of carboxylic acids is 1. The summed E-state index contributed by atoms with van der Waals surface area (Å²) in [6, 6.07) is 1.37. The molecule has 2 aromatic rings. The van der Waals surface area contributed by atoms with Gasteiger partial charge in [-0.3, -0.25) is 4.40 Å². The monoisotopic (exact) mass is 283 g/mol. The van der Waals surface area contributed by atoms with Crippen LogP contribution in [0.1, 0.15) is 29.5 Å². The quantitative estimate of drug-likeness (QED) is 0.909. The summed E-state index contributed by atoms with van der Waals surface area (Å²) in [5.74, 6) is -0.363. The Kier molecular flexibility index (Phi) is 4.01. The van der Waals surface area contributed by atoms with E-state index >= 15 is 0 Å². The van der Waals surface area contributed by atoms with Gasteiger partial charge in [0, 0.05) is 19.7 Å². The van der Waals surface area contributed by atoms with Crippen molar-refractivity contribution in [1.82, 2.24) is 14.6 Å². The van der Waals surface area contributed by atoms with Gasteiger partial charge in [0.25, 0.3) is 0 Å². The molecule has 102 valence electrons. The molecule has 2 heterocycles. The highest BCUT2D eigenvalue weighted by molar-refractivity contribution is 6.33. The van der Waals surface area contributed by atoms with E-state index in [0.29, 0.717) is 17.9 Å². The van der Waals surface area contributed by atoms with Gasteiger partial charge in [-0.05, 0) is 19.4 Å². The summed E-state index contributed by atoms with van der Waals surface area (Å²) >= 11 is 6.00. The van der Waals surface area contributed by atoms with Gasteiger partial charge in [-0.25, -0.2) is 4.79 Å². The molecule has 0 bridgehead atoms. The predicted octanol–water partition coefficient (Wildman–Crippen LogP) is 2.05. The SMILES string of the molecule is COC(C)CCc1nnc2c(Cl)cc(C(=O)O)cn12. The van der Waals surface area contributed by atoms with Gasteiger partial charge in [-0.1, -0.05) is 11.6 Å². The molecule has 2 aromatic heterocycles. The number of methoxy groups -OCH3 is 1. The summed E-state index contributed by atoms with van der Waals surface area (Å²) in [7, 11) is 1.64. The Morgan fingerprint density at radius 1 is 1.58 bits per heavy atom. The molecule has 1 unspecified atom stereocenters. The molecule has 0 radical (unpaired) electrons. The summed E-state index contributed by atoms with van der Waals surface area (Å²) in [6.45, 7) is 1.96. The highest BCUT2D eigenvalue weighted by Gasteiger charge is 2.14. The molecule has 6 nitrogen and oxygen atoms in total. The average Bonchev–Trinajstić information content (AvgIpc) is 2.79. The van der Waals surface area contributed by atoms with Crippen LogP contribution in [0.15, 0.2) is 12.3 Å². The van der Waals surface area contributed by atoms with Crippen LogP contribution >= 0.6 is 11.6 Å². The fraction of sp³-hybridized carbons (Fsp3) is 0.417. The lowest BCUT2D eigenvalue weighted by Crippen LogP contribution is -2.08. The van der Waals surface area contributed by atoms with Gasteiger partial charge in [0.2, 0.25) is 0 Å². The topological polar surface area (TPSA) is 76.7 Å². The Morgan fingerprint density at radius 3 is 2.95 bits per heavy atom. The van der Waals surface area contributed by atoms with E-state index in [0.717, 1.165) is 6.42 Å². The standard InChI is InChI=1S/C12H14ClN3O3/c1-7(19-2)3-4-10-14-15-11-9(13)5-8(12(17)18)6-16(10)11/h5-7H,3-4H2,1-2H3,(H,17,18). The first kappa shape index (κ1) is 13.8. The molecular weight excluding hydrogens is 270 g/mol. The third kappa shape index (κ3) is 2.85. The van der Waals surface area contributed by atoms with E-state index in [-0.39, 0.29) is 16.7 Å². The number of ether oxygens (including phenoxy) is 1. The molecule has 0 saturated heterocycles. The van der Waals surface area contributed by atoms with Crippen molar-refractivity contribution in [2.24, 2.45) is 0 Å². The lowest BCUT2D eigenvalue weighted by atomic mass is 10.2. The molecule has 0 aliphatic heterocycles. The first-order valence-electron chi connectivity index (χ1n) is 5.82. The summed E-state index contributed by atoms with van der Waals surface area (Å²) in [5, 5.41) is 17.3. The smallest absolute Gasteiger partial charge is 0.337 e. The Labute approximate surface area is 115 Å². The van der Waals surface area contributed by atoms with Crippen LogP contribution in [0.25, 0.3) is 5.65 Å². The van der Waals surface area contributed by atoms with Crippen LogP contribution in [0, 0.1) is 0 Å². The number of carbonyl (C=O) groups is 1. The van der Waals surface area contributed by atoms with E-state index in [1.807, 2.05) is 6.92 Å². The Morgan fingerprint density at radius 2 is 2.32 bits per heavy atom. The largest absolute Gasteiger partial charge is 0.478 e. The lowest BCUT2D eigenvalue weighted by Gasteiger charge is -2.08. The fourth-order valence-electron chi connectivity index (χ4n) is 1.74. The zero-order valence-corrected chi connectivity index (χ0v) is 11.4. The number of fused-ring (bicyclic) bond motifs is 1. The number of nitrogens with zero attached hydrogens (tertiary/aromatic N) is 3. The number of rotatable bonds is 5. The molecule has 0 amide bonds. The van der Waals surface area contributed by atoms with Crippen LogP contribution in [0.5, 0.6) is 0 Å².